The Morgan fingerprint density at radius 2 is 2.06 bits per heavy atom. The lowest BCUT2D eigenvalue weighted by Crippen LogP contribution is -2.18. The Morgan fingerprint density at radius 3 is 2.61 bits per heavy atom. The first-order chi connectivity index (χ1) is 8.61. The zero-order chi connectivity index (χ0) is 13.1. The maximum absolute atomic E-state index is 5.97. The topological polar surface area (TPSA) is 24.9 Å². The molecule has 0 aliphatic carbocycles. The van der Waals surface area contributed by atoms with Gasteiger partial charge < -0.3 is 5.32 Å². The number of rotatable bonds is 3. The van der Waals surface area contributed by atoms with Crippen LogP contribution < -0.4 is 5.32 Å². The fraction of sp³-hybridized carbons (Fsp3) is 0.214. The van der Waals surface area contributed by atoms with Crippen molar-refractivity contribution in [1.29, 1.82) is 0 Å². The predicted molar refractivity (Wildman–Crippen MR) is 79.0 cm³/mol. The van der Waals surface area contributed by atoms with Gasteiger partial charge in [0, 0.05) is 21.4 Å². The Morgan fingerprint density at radius 1 is 1.28 bits per heavy atom. The second kappa shape index (κ2) is 5.83. The van der Waals surface area contributed by atoms with Crippen LogP contribution in [0.25, 0.3) is 0 Å². The van der Waals surface area contributed by atoms with Crippen molar-refractivity contribution in [2.24, 2.45) is 0 Å². The second-order valence-corrected chi connectivity index (χ2v) is 5.41. The summed E-state index contributed by atoms with van der Waals surface area (Å²) < 4.78 is 0.995. The molecule has 0 saturated heterocycles. The Labute approximate surface area is 121 Å². The van der Waals surface area contributed by atoms with Crippen LogP contribution in [0, 0.1) is 6.92 Å². The number of pyridine rings is 1. The number of aryl methyl sites for hydroxylation is 1. The van der Waals surface area contributed by atoms with Gasteiger partial charge in [-0.3, -0.25) is 4.98 Å². The van der Waals surface area contributed by atoms with Crippen LogP contribution in [0.3, 0.4) is 0 Å². The number of hydrogen-bond donors (Lipinski definition) is 1. The second-order valence-electron chi connectivity index (χ2n) is 4.12. The van der Waals surface area contributed by atoms with E-state index in [9.17, 15) is 0 Å². The largest absolute Gasteiger partial charge is 0.309 e. The Bertz CT molecular complexity index is 540. The van der Waals surface area contributed by atoms with E-state index in [0.29, 0.717) is 0 Å². The van der Waals surface area contributed by atoms with E-state index in [0.717, 1.165) is 26.3 Å². The van der Waals surface area contributed by atoms with Gasteiger partial charge in [-0.25, -0.2) is 0 Å². The summed E-state index contributed by atoms with van der Waals surface area (Å²) in [5.74, 6) is 0. The highest BCUT2D eigenvalue weighted by molar-refractivity contribution is 9.10. The predicted octanol–water partition coefficient (Wildman–Crippen LogP) is 4.11. The molecule has 0 radical (unpaired) electrons. The SMILES string of the molecule is CNC(c1ccc(C)nc1)c1ccc(Cl)cc1Br. The summed E-state index contributed by atoms with van der Waals surface area (Å²) in [5.41, 5.74) is 3.29. The summed E-state index contributed by atoms with van der Waals surface area (Å²) in [4.78, 5) is 4.34. The minimum Gasteiger partial charge on any atom is -0.309 e. The summed E-state index contributed by atoms with van der Waals surface area (Å²) in [6.07, 6.45) is 1.90. The molecular weight excluding hydrogens is 312 g/mol. The molecule has 0 saturated carbocycles. The van der Waals surface area contributed by atoms with Gasteiger partial charge in [-0.2, -0.15) is 0 Å². The van der Waals surface area contributed by atoms with E-state index in [2.05, 4.69) is 32.3 Å². The van der Waals surface area contributed by atoms with Crippen LogP contribution in [-0.4, -0.2) is 12.0 Å². The fourth-order valence-electron chi connectivity index (χ4n) is 1.89. The molecule has 0 fully saturated rings. The molecule has 1 atom stereocenters. The van der Waals surface area contributed by atoms with Crippen molar-refractivity contribution in [2.75, 3.05) is 7.05 Å². The maximum atomic E-state index is 5.97. The maximum Gasteiger partial charge on any atom is 0.0600 e. The highest BCUT2D eigenvalue weighted by atomic mass is 79.9. The van der Waals surface area contributed by atoms with Crippen molar-refractivity contribution < 1.29 is 0 Å². The summed E-state index contributed by atoms with van der Waals surface area (Å²) in [7, 11) is 1.94. The van der Waals surface area contributed by atoms with Crippen LogP contribution in [0.4, 0.5) is 0 Å². The van der Waals surface area contributed by atoms with Crippen molar-refractivity contribution >= 4 is 27.5 Å². The van der Waals surface area contributed by atoms with Crippen LogP contribution in [-0.2, 0) is 0 Å². The normalized spacial score (nSPS) is 12.4. The van der Waals surface area contributed by atoms with Crippen LogP contribution in [0.15, 0.2) is 41.0 Å². The van der Waals surface area contributed by atoms with Crippen molar-refractivity contribution in [2.45, 2.75) is 13.0 Å². The highest BCUT2D eigenvalue weighted by Gasteiger charge is 2.15. The minimum absolute atomic E-state index is 0.102. The van der Waals surface area contributed by atoms with E-state index in [1.165, 1.54) is 0 Å². The molecule has 0 aliphatic heterocycles. The molecule has 2 nitrogen and oxygen atoms in total. The molecule has 0 spiro atoms. The van der Waals surface area contributed by atoms with Gasteiger partial charge in [0.05, 0.1) is 6.04 Å². The van der Waals surface area contributed by atoms with Gasteiger partial charge in [0.2, 0.25) is 0 Å². The van der Waals surface area contributed by atoms with E-state index in [1.807, 2.05) is 44.4 Å². The first kappa shape index (κ1) is 13.5. The number of hydrogen-bond acceptors (Lipinski definition) is 2. The molecule has 18 heavy (non-hydrogen) atoms. The average Bonchev–Trinajstić information content (AvgIpc) is 2.35. The third-order valence-electron chi connectivity index (χ3n) is 2.83. The lowest BCUT2D eigenvalue weighted by atomic mass is 10.0. The van der Waals surface area contributed by atoms with Crippen molar-refractivity contribution in [3.63, 3.8) is 0 Å². The Hall–Kier alpha value is -0.900. The van der Waals surface area contributed by atoms with Crippen LogP contribution in [0.2, 0.25) is 5.02 Å². The average molecular weight is 326 g/mol. The number of nitrogens with one attached hydrogen (secondary N) is 1. The molecule has 0 bridgehead atoms. The standard InChI is InChI=1S/C14H14BrClN2/c1-9-3-4-10(8-18-9)14(17-2)12-6-5-11(16)7-13(12)15/h3-8,14,17H,1-2H3. The smallest absolute Gasteiger partial charge is 0.0600 e. The molecule has 1 aromatic heterocycles. The molecule has 1 N–H and O–H groups in total. The molecule has 4 heteroatoms. The van der Waals surface area contributed by atoms with Crippen LogP contribution in [0.1, 0.15) is 22.9 Å². The summed E-state index contributed by atoms with van der Waals surface area (Å²) in [5, 5.41) is 4.03. The van der Waals surface area contributed by atoms with Gasteiger partial charge >= 0.3 is 0 Å². The van der Waals surface area contributed by atoms with Gasteiger partial charge in [0.1, 0.15) is 0 Å². The van der Waals surface area contributed by atoms with E-state index >= 15 is 0 Å². The number of nitrogens with zero attached hydrogens (tertiary/aromatic N) is 1. The zero-order valence-corrected chi connectivity index (χ0v) is 12.6. The lowest BCUT2D eigenvalue weighted by molar-refractivity contribution is 0.685. The third kappa shape index (κ3) is 2.91. The first-order valence-corrected chi connectivity index (χ1v) is 6.83. The fourth-order valence-corrected chi connectivity index (χ4v) is 2.80. The summed E-state index contributed by atoms with van der Waals surface area (Å²) in [6, 6.07) is 10.0. The van der Waals surface area contributed by atoms with Crippen LogP contribution >= 0.6 is 27.5 Å². The third-order valence-corrected chi connectivity index (χ3v) is 3.75. The number of halogens is 2. The molecule has 1 heterocycles. The number of benzene rings is 1. The molecule has 0 aliphatic rings. The van der Waals surface area contributed by atoms with Gasteiger partial charge in [-0.05, 0) is 43.3 Å². The van der Waals surface area contributed by atoms with E-state index < -0.39 is 0 Å². The van der Waals surface area contributed by atoms with Gasteiger partial charge in [-0.1, -0.05) is 39.7 Å². The van der Waals surface area contributed by atoms with Gasteiger partial charge in [-0.15, -0.1) is 0 Å². The zero-order valence-electron chi connectivity index (χ0n) is 10.2. The molecular formula is C14H14BrClN2. The van der Waals surface area contributed by atoms with Gasteiger partial charge in [0.15, 0.2) is 0 Å². The molecule has 1 aromatic carbocycles. The first-order valence-electron chi connectivity index (χ1n) is 5.66. The van der Waals surface area contributed by atoms with Crippen molar-refractivity contribution in [1.82, 2.24) is 10.3 Å². The molecule has 2 aromatic rings. The summed E-state index contributed by atoms with van der Waals surface area (Å²) in [6.45, 7) is 1.98. The minimum atomic E-state index is 0.102. The van der Waals surface area contributed by atoms with Gasteiger partial charge in [0.25, 0.3) is 0 Å². The Balaban J connectivity index is 2.41. The molecule has 0 amide bonds. The number of aromatic nitrogens is 1. The monoisotopic (exact) mass is 324 g/mol. The van der Waals surface area contributed by atoms with Crippen molar-refractivity contribution in [3.8, 4) is 0 Å². The highest BCUT2D eigenvalue weighted by Crippen LogP contribution is 2.30. The molecule has 1 unspecified atom stereocenters. The van der Waals surface area contributed by atoms with E-state index in [-0.39, 0.29) is 6.04 Å². The van der Waals surface area contributed by atoms with E-state index in [4.69, 9.17) is 11.6 Å². The molecule has 2 rings (SSSR count). The Kier molecular flexibility index (Phi) is 4.38. The molecule has 94 valence electrons. The van der Waals surface area contributed by atoms with Crippen LogP contribution in [0.5, 0.6) is 0 Å². The van der Waals surface area contributed by atoms with E-state index in [1.54, 1.807) is 0 Å². The quantitative estimate of drug-likeness (QED) is 0.918. The van der Waals surface area contributed by atoms with Crippen molar-refractivity contribution in [3.05, 3.63) is 62.8 Å². The lowest BCUT2D eigenvalue weighted by Gasteiger charge is -2.18. The summed E-state index contributed by atoms with van der Waals surface area (Å²) >= 11 is 9.52.